The number of rotatable bonds is 6. The Balaban J connectivity index is 1.93. The standard InChI is InChI=1S/C15H22N4O/c1-11(13-5-7-14(20-4)8-6-13)12(2)16-9-15-17-10-18-19(15)3/h5-8,10-12,16H,9H2,1-4H3/t11-,12+/m0/s1. The zero-order valence-electron chi connectivity index (χ0n) is 12.5. The first kappa shape index (κ1) is 14.5. The van der Waals surface area contributed by atoms with Gasteiger partial charge in [0.2, 0.25) is 0 Å². The molecular weight excluding hydrogens is 252 g/mol. The molecule has 5 nitrogen and oxygen atoms in total. The SMILES string of the molecule is COc1ccc([C@@H](C)[C@@H](C)NCc2ncnn2C)cc1. The van der Waals surface area contributed by atoms with Crippen molar-refractivity contribution in [3.63, 3.8) is 0 Å². The summed E-state index contributed by atoms with van der Waals surface area (Å²) in [6, 6.07) is 8.58. The van der Waals surface area contributed by atoms with Crippen LogP contribution in [0.4, 0.5) is 0 Å². The number of methoxy groups -OCH3 is 1. The number of nitrogens with one attached hydrogen (secondary N) is 1. The van der Waals surface area contributed by atoms with Crippen LogP contribution in [0.25, 0.3) is 0 Å². The predicted molar refractivity (Wildman–Crippen MR) is 78.7 cm³/mol. The third-order valence-electron chi connectivity index (χ3n) is 3.78. The monoisotopic (exact) mass is 274 g/mol. The van der Waals surface area contributed by atoms with Gasteiger partial charge < -0.3 is 10.1 Å². The average Bonchev–Trinajstić information content (AvgIpc) is 2.89. The Bertz CT molecular complexity index is 535. The number of aromatic nitrogens is 3. The Morgan fingerprint density at radius 3 is 2.50 bits per heavy atom. The van der Waals surface area contributed by atoms with E-state index in [2.05, 4.69) is 41.4 Å². The molecule has 2 aromatic rings. The normalized spacial score (nSPS) is 14.0. The highest BCUT2D eigenvalue weighted by atomic mass is 16.5. The average molecular weight is 274 g/mol. The van der Waals surface area contributed by atoms with Crippen LogP contribution >= 0.6 is 0 Å². The molecule has 0 spiro atoms. The smallest absolute Gasteiger partial charge is 0.140 e. The third kappa shape index (κ3) is 3.36. The van der Waals surface area contributed by atoms with E-state index in [9.17, 15) is 0 Å². The predicted octanol–water partition coefficient (Wildman–Crippen LogP) is 2.11. The van der Waals surface area contributed by atoms with Gasteiger partial charge in [-0.2, -0.15) is 5.10 Å². The molecule has 0 saturated heterocycles. The summed E-state index contributed by atoms with van der Waals surface area (Å²) in [6.07, 6.45) is 1.58. The Hall–Kier alpha value is -1.88. The fourth-order valence-corrected chi connectivity index (χ4v) is 2.11. The summed E-state index contributed by atoms with van der Waals surface area (Å²) < 4.78 is 6.97. The van der Waals surface area contributed by atoms with Gasteiger partial charge >= 0.3 is 0 Å². The van der Waals surface area contributed by atoms with Gasteiger partial charge in [-0.05, 0) is 30.5 Å². The number of aryl methyl sites for hydroxylation is 1. The van der Waals surface area contributed by atoms with Gasteiger partial charge in [-0.25, -0.2) is 4.98 Å². The molecule has 1 N–H and O–H groups in total. The largest absolute Gasteiger partial charge is 0.497 e. The van der Waals surface area contributed by atoms with Crippen LogP contribution < -0.4 is 10.1 Å². The summed E-state index contributed by atoms with van der Waals surface area (Å²) in [5.74, 6) is 2.24. The fraction of sp³-hybridized carbons (Fsp3) is 0.467. The summed E-state index contributed by atoms with van der Waals surface area (Å²) >= 11 is 0. The van der Waals surface area contributed by atoms with Crippen LogP contribution in [0.1, 0.15) is 31.2 Å². The minimum atomic E-state index is 0.347. The molecule has 0 saturated carbocycles. The van der Waals surface area contributed by atoms with Gasteiger partial charge in [0.1, 0.15) is 17.9 Å². The number of hydrogen-bond acceptors (Lipinski definition) is 4. The molecule has 0 bridgehead atoms. The fourth-order valence-electron chi connectivity index (χ4n) is 2.11. The van der Waals surface area contributed by atoms with Crippen LogP contribution in [-0.2, 0) is 13.6 Å². The van der Waals surface area contributed by atoms with E-state index < -0.39 is 0 Å². The van der Waals surface area contributed by atoms with E-state index in [-0.39, 0.29) is 0 Å². The lowest BCUT2D eigenvalue weighted by Gasteiger charge is -2.21. The van der Waals surface area contributed by atoms with Gasteiger partial charge in [-0.15, -0.1) is 0 Å². The van der Waals surface area contributed by atoms with Gasteiger partial charge in [0.05, 0.1) is 13.7 Å². The van der Waals surface area contributed by atoms with Crippen LogP contribution in [0, 0.1) is 0 Å². The first-order valence-corrected chi connectivity index (χ1v) is 6.82. The number of ether oxygens (including phenoxy) is 1. The summed E-state index contributed by atoms with van der Waals surface area (Å²) in [6.45, 7) is 5.12. The van der Waals surface area contributed by atoms with Gasteiger partial charge in [0.15, 0.2) is 0 Å². The number of nitrogens with zero attached hydrogens (tertiary/aromatic N) is 3. The maximum absolute atomic E-state index is 5.19. The van der Waals surface area contributed by atoms with Crippen LogP contribution in [0.2, 0.25) is 0 Å². The first-order valence-electron chi connectivity index (χ1n) is 6.82. The summed E-state index contributed by atoms with van der Waals surface area (Å²) in [5.41, 5.74) is 1.30. The second kappa shape index (κ2) is 6.52. The van der Waals surface area contributed by atoms with E-state index in [4.69, 9.17) is 4.74 Å². The third-order valence-corrected chi connectivity index (χ3v) is 3.78. The van der Waals surface area contributed by atoms with E-state index in [0.717, 1.165) is 18.1 Å². The second-order valence-corrected chi connectivity index (χ2v) is 5.03. The highest BCUT2D eigenvalue weighted by Crippen LogP contribution is 2.22. The molecule has 1 aromatic carbocycles. The molecule has 108 valence electrons. The van der Waals surface area contributed by atoms with E-state index >= 15 is 0 Å². The van der Waals surface area contributed by atoms with Crippen molar-refractivity contribution in [1.82, 2.24) is 20.1 Å². The molecule has 1 heterocycles. The molecule has 5 heteroatoms. The Labute approximate surface area is 120 Å². The molecule has 2 atom stereocenters. The quantitative estimate of drug-likeness (QED) is 0.876. The van der Waals surface area contributed by atoms with E-state index in [1.54, 1.807) is 18.1 Å². The van der Waals surface area contributed by atoms with Crippen molar-refractivity contribution in [2.75, 3.05) is 7.11 Å². The van der Waals surface area contributed by atoms with Crippen molar-refractivity contribution >= 4 is 0 Å². The molecule has 2 rings (SSSR count). The molecular formula is C15H22N4O. The summed E-state index contributed by atoms with van der Waals surface area (Å²) in [5, 5.41) is 7.57. The molecule has 0 fully saturated rings. The van der Waals surface area contributed by atoms with Crippen molar-refractivity contribution in [2.45, 2.75) is 32.4 Å². The summed E-state index contributed by atoms with van der Waals surface area (Å²) in [4.78, 5) is 4.22. The lowest BCUT2D eigenvalue weighted by molar-refractivity contribution is 0.414. The van der Waals surface area contributed by atoms with Crippen molar-refractivity contribution in [1.29, 1.82) is 0 Å². The topological polar surface area (TPSA) is 52.0 Å². The Morgan fingerprint density at radius 2 is 1.95 bits per heavy atom. The van der Waals surface area contributed by atoms with Crippen molar-refractivity contribution in [3.05, 3.63) is 42.0 Å². The highest BCUT2D eigenvalue weighted by molar-refractivity contribution is 5.29. The molecule has 0 aliphatic carbocycles. The van der Waals surface area contributed by atoms with Crippen LogP contribution in [0.15, 0.2) is 30.6 Å². The van der Waals surface area contributed by atoms with Crippen LogP contribution in [0.3, 0.4) is 0 Å². The van der Waals surface area contributed by atoms with Crippen LogP contribution in [-0.4, -0.2) is 27.9 Å². The zero-order chi connectivity index (χ0) is 14.5. The zero-order valence-corrected chi connectivity index (χ0v) is 12.5. The molecule has 1 aromatic heterocycles. The Kier molecular flexibility index (Phi) is 4.74. The number of hydrogen-bond donors (Lipinski definition) is 1. The molecule has 0 aliphatic heterocycles. The van der Waals surface area contributed by atoms with Gasteiger partial charge in [-0.1, -0.05) is 19.1 Å². The van der Waals surface area contributed by atoms with Gasteiger partial charge in [0, 0.05) is 13.1 Å². The first-order chi connectivity index (χ1) is 9.61. The van der Waals surface area contributed by atoms with E-state index in [0.29, 0.717) is 12.0 Å². The van der Waals surface area contributed by atoms with E-state index in [1.807, 2.05) is 19.2 Å². The lowest BCUT2D eigenvalue weighted by Crippen LogP contribution is -2.31. The Morgan fingerprint density at radius 1 is 1.25 bits per heavy atom. The molecule has 0 unspecified atom stereocenters. The summed E-state index contributed by atoms with van der Waals surface area (Å²) in [7, 11) is 3.59. The second-order valence-electron chi connectivity index (χ2n) is 5.03. The molecule has 0 amide bonds. The van der Waals surface area contributed by atoms with E-state index in [1.165, 1.54) is 5.56 Å². The van der Waals surface area contributed by atoms with Crippen LogP contribution in [0.5, 0.6) is 5.75 Å². The van der Waals surface area contributed by atoms with Gasteiger partial charge in [0.25, 0.3) is 0 Å². The van der Waals surface area contributed by atoms with Crippen molar-refractivity contribution < 1.29 is 4.74 Å². The maximum atomic E-state index is 5.19. The highest BCUT2D eigenvalue weighted by Gasteiger charge is 2.14. The van der Waals surface area contributed by atoms with Gasteiger partial charge in [-0.3, -0.25) is 4.68 Å². The molecule has 20 heavy (non-hydrogen) atoms. The minimum absolute atomic E-state index is 0.347. The molecule has 0 aliphatic rings. The minimum Gasteiger partial charge on any atom is -0.497 e. The maximum Gasteiger partial charge on any atom is 0.140 e. The lowest BCUT2D eigenvalue weighted by atomic mass is 9.94. The van der Waals surface area contributed by atoms with Crippen molar-refractivity contribution in [3.8, 4) is 5.75 Å². The number of benzene rings is 1. The van der Waals surface area contributed by atoms with Crippen molar-refractivity contribution in [2.24, 2.45) is 7.05 Å². The molecule has 0 radical (unpaired) electrons.